The van der Waals surface area contributed by atoms with Crippen LogP contribution in [0.25, 0.3) is 0 Å². The van der Waals surface area contributed by atoms with Crippen molar-refractivity contribution in [3.63, 3.8) is 0 Å². The zero-order valence-electron chi connectivity index (χ0n) is 16.3. The highest BCUT2D eigenvalue weighted by Gasteiger charge is 2.18. The van der Waals surface area contributed by atoms with Gasteiger partial charge in [0, 0.05) is 18.7 Å². The van der Waals surface area contributed by atoms with Gasteiger partial charge in [-0.1, -0.05) is 19.9 Å². The normalized spacial score (nSPS) is 12.3. The van der Waals surface area contributed by atoms with Gasteiger partial charge < -0.3 is 10.1 Å². The van der Waals surface area contributed by atoms with Crippen LogP contribution < -0.4 is 14.8 Å². The SMILES string of the molecule is CC(C)CNC(=O)[C@H](C)Oc1ccc(S(=O)(=O)Nc2cccc([N+](=O)[O-])c2)cc1. The molecule has 1 atom stereocenters. The van der Waals surface area contributed by atoms with Crippen molar-refractivity contribution in [3.05, 3.63) is 58.6 Å². The molecule has 0 radical (unpaired) electrons. The zero-order valence-corrected chi connectivity index (χ0v) is 17.1. The van der Waals surface area contributed by atoms with Gasteiger partial charge in [-0.3, -0.25) is 19.6 Å². The number of non-ortho nitro benzene ring substituents is 1. The van der Waals surface area contributed by atoms with Crippen LogP contribution in [0.4, 0.5) is 11.4 Å². The molecule has 0 saturated carbocycles. The van der Waals surface area contributed by atoms with E-state index in [1.54, 1.807) is 6.92 Å². The van der Waals surface area contributed by atoms with Crippen LogP contribution >= 0.6 is 0 Å². The highest BCUT2D eigenvalue weighted by Crippen LogP contribution is 2.22. The minimum Gasteiger partial charge on any atom is -0.481 e. The van der Waals surface area contributed by atoms with Crippen LogP contribution in [0.1, 0.15) is 20.8 Å². The Kier molecular flexibility index (Phi) is 7.16. The molecule has 9 nitrogen and oxygen atoms in total. The van der Waals surface area contributed by atoms with Crippen LogP contribution in [0, 0.1) is 16.0 Å². The lowest BCUT2D eigenvalue weighted by Gasteiger charge is -2.16. The molecule has 10 heteroatoms. The van der Waals surface area contributed by atoms with Gasteiger partial charge in [-0.2, -0.15) is 0 Å². The molecule has 0 fully saturated rings. The Morgan fingerprint density at radius 1 is 1.14 bits per heavy atom. The Bertz CT molecular complexity index is 974. The number of benzene rings is 2. The smallest absolute Gasteiger partial charge is 0.271 e. The topological polar surface area (TPSA) is 128 Å². The Hall–Kier alpha value is -3.14. The number of hydrogen-bond donors (Lipinski definition) is 2. The van der Waals surface area contributed by atoms with Crippen LogP contribution in [0.2, 0.25) is 0 Å². The van der Waals surface area contributed by atoms with Crippen LogP contribution in [-0.2, 0) is 14.8 Å². The van der Waals surface area contributed by atoms with Crippen molar-refractivity contribution in [3.8, 4) is 5.75 Å². The fourth-order valence-electron chi connectivity index (χ4n) is 2.30. The minimum atomic E-state index is -3.94. The summed E-state index contributed by atoms with van der Waals surface area (Å²) in [7, 11) is -3.94. The van der Waals surface area contributed by atoms with Gasteiger partial charge in [-0.05, 0) is 43.2 Å². The predicted molar refractivity (Wildman–Crippen MR) is 108 cm³/mol. The molecule has 156 valence electrons. The van der Waals surface area contributed by atoms with Gasteiger partial charge in [-0.25, -0.2) is 8.42 Å². The molecule has 29 heavy (non-hydrogen) atoms. The molecule has 0 unspecified atom stereocenters. The van der Waals surface area contributed by atoms with E-state index in [-0.39, 0.29) is 22.2 Å². The molecule has 2 aromatic carbocycles. The Labute approximate surface area is 169 Å². The molecular weight excluding hydrogens is 398 g/mol. The summed E-state index contributed by atoms with van der Waals surface area (Å²) in [5.74, 6) is 0.392. The van der Waals surface area contributed by atoms with Gasteiger partial charge in [0.05, 0.1) is 15.5 Å². The number of amides is 1. The average molecular weight is 421 g/mol. The first kappa shape index (κ1) is 22.2. The van der Waals surface area contributed by atoms with Crippen LogP contribution in [0.3, 0.4) is 0 Å². The van der Waals surface area contributed by atoms with Crippen molar-refractivity contribution in [2.45, 2.75) is 31.8 Å². The van der Waals surface area contributed by atoms with Crippen molar-refractivity contribution in [2.24, 2.45) is 5.92 Å². The molecule has 0 heterocycles. The van der Waals surface area contributed by atoms with E-state index < -0.39 is 21.1 Å². The Morgan fingerprint density at radius 3 is 2.38 bits per heavy atom. The Morgan fingerprint density at radius 2 is 1.79 bits per heavy atom. The van der Waals surface area contributed by atoms with Crippen LogP contribution in [0.5, 0.6) is 5.75 Å². The maximum absolute atomic E-state index is 12.5. The number of nitro benzene ring substituents is 1. The molecule has 0 bridgehead atoms. The third-order valence-electron chi connectivity index (χ3n) is 3.81. The van der Waals surface area contributed by atoms with E-state index in [0.717, 1.165) is 6.07 Å². The van der Waals surface area contributed by atoms with E-state index in [0.29, 0.717) is 18.2 Å². The molecular formula is C19H23N3O6S. The lowest BCUT2D eigenvalue weighted by molar-refractivity contribution is -0.384. The van der Waals surface area contributed by atoms with Gasteiger partial charge in [0.2, 0.25) is 0 Å². The van der Waals surface area contributed by atoms with Crippen molar-refractivity contribution >= 4 is 27.3 Å². The molecule has 2 N–H and O–H groups in total. The number of anilines is 1. The van der Waals surface area contributed by atoms with Crippen molar-refractivity contribution in [2.75, 3.05) is 11.3 Å². The second kappa shape index (κ2) is 9.37. The summed E-state index contributed by atoms with van der Waals surface area (Å²) in [5.41, 5.74) is -0.145. The maximum atomic E-state index is 12.5. The van der Waals surface area contributed by atoms with Gasteiger partial charge in [0.1, 0.15) is 5.75 Å². The number of ether oxygens (including phenoxy) is 1. The third kappa shape index (κ3) is 6.46. The number of nitrogens with one attached hydrogen (secondary N) is 2. The first-order valence-corrected chi connectivity index (χ1v) is 10.4. The summed E-state index contributed by atoms with van der Waals surface area (Å²) < 4.78 is 32.8. The molecule has 0 aliphatic carbocycles. The van der Waals surface area contributed by atoms with E-state index in [9.17, 15) is 23.3 Å². The highest BCUT2D eigenvalue weighted by atomic mass is 32.2. The summed E-state index contributed by atoms with van der Waals surface area (Å²) in [6.07, 6.45) is -0.737. The minimum absolute atomic E-state index is 0.0479. The van der Waals surface area contributed by atoms with Crippen molar-refractivity contribution < 1.29 is 22.9 Å². The zero-order chi connectivity index (χ0) is 21.6. The number of hydrogen-bond acceptors (Lipinski definition) is 6. The van der Waals surface area contributed by atoms with E-state index in [4.69, 9.17) is 4.74 Å². The summed E-state index contributed by atoms with van der Waals surface area (Å²) in [4.78, 5) is 22.1. The van der Waals surface area contributed by atoms with Gasteiger partial charge in [0.25, 0.3) is 21.6 Å². The van der Waals surface area contributed by atoms with E-state index in [1.165, 1.54) is 42.5 Å². The van der Waals surface area contributed by atoms with Gasteiger partial charge in [-0.15, -0.1) is 0 Å². The molecule has 0 spiro atoms. The molecule has 0 aromatic heterocycles. The first-order chi connectivity index (χ1) is 13.6. The summed E-state index contributed by atoms with van der Waals surface area (Å²) >= 11 is 0. The van der Waals surface area contributed by atoms with E-state index >= 15 is 0 Å². The third-order valence-corrected chi connectivity index (χ3v) is 5.21. The largest absolute Gasteiger partial charge is 0.481 e. The average Bonchev–Trinajstić information content (AvgIpc) is 2.66. The summed E-state index contributed by atoms with van der Waals surface area (Å²) in [6.45, 7) is 6.09. The predicted octanol–water partition coefficient (Wildman–Crippen LogP) is 2.94. The number of carbonyl (C=O) groups is 1. The number of nitrogens with zero attached hydrogens (tertiary/aromatic N) is 1. The number of carbonyl (C=O) groups excluding carboxylic acids is 1. The molecule has 0 saturated heterocycles. The maximum Gasteiger partial charge on any atom is 0.271 e. The summed E-state index contributed by atoms with van der Waals surface area (Å²) in [5, 5.41) is 13.6. The lowest BCUT2D eigenvalue weighted by atomic mass is 10.2. The van der Waals surface area contributed by atoms with Crippen molar-refractivity contribution in [1.82, 2.24) is 5.32 Å². The molecule has 2 aromatic rings. The van der Waals surface area contributed by atoms with Crippen molar-refractivity contribution in [1.29, 1.82) is 0 Å². The van der Waals surface area contributed by atoms with Crippen LogP contribution in [0.15, 0.2) is 53.4 Å². The quantitative estimate of drug-likeness (QED) is 0.473. The second-order valence-electron chi connectivity index (χ2n) is 6.78. The molecule has 0 aliphatic heterocycles. The molecule has 0 aliphatic rings. The monoisotopic (exact) mass is 421 g/mol. The fraction of sp³-hybridized carbons (Fsp3) is 0.316. The van der Waals surface area contributed by atoms with E-state index in [2.05, 4.69) is 10.0 Å². The second-order valence-corrected chi connectivity index (χ2v) is 8.47. The highest BCUT2D eigenvalue weighted by molar-refractivity contribution is 7.92. The molecule has 1 amide bonds. The van der Waals surface area contributed by atoms with Gasteiger partial charge in [0.15, 0.2) is 6.10 Å². The molecule has 2 rings (SSSR count). The van der Waals surface area contributed by atoms with Gasteiger partial charge >= 0.3 is 0 Å². The number of sulfonamides is 1. The standard InChI is InChI=1S/C19H23N3O6S/c1-13(2)12-20-19(23)14(3)28-17-7-9-18(10-8-17)29(26,27)21-15-5-4-6-16(11-15)22(24)25/h4-11,13-14,21H,12H2,1-3H3,(H,20,23)/t14-/m0/s1. The van der Waals surface area contributed by atoms with E-state index in [1.807, 2.05) is 13.8 Å². The fourth-order valence-corrected chi connectivity index (χ4v) is 3.35. The number of rotatable bonds is 9. The Balaban J connectivity index is 2.05. The summed E-state index contributed by atoms with van der Waals surface area (Å²) in [6, 6.07) is 10.7. The first-order valence-electron chi connectivity index (χ1n) is 8.90. The van der Waals surface area contributed by atoms with Crippen LogP contribution in [-0.4, -0.2) is 31.9 Å². The number of nitro groups is 1. The lowest BCUT2D eigenvalue weighted by Crippen LogP contribution is -2.38.